The highest BCUT2D eigenvalue weighted by atomic mass is 19.1. The maximum atomic E-state index is 12.3. The Morgan fingerprint density at radius 2 is 2.70 bits per heavy atom. The lowest BCUT2D eigenvalue weighted by atomic mass is 10.2. The van der Waals surface area contributed by atoms with Crippen LogP contribution in [0.1, 0.15) is 5.69 Å². The first-order valence-corrected chi connectivity index (χ1v) is 2.89. The number of alkyl halides is 1. The van der Waals surface area contributed by atoms with Gasteiger partial charge in [-0.2, -0.15) is 0 Å². The van der Waals surface area contributed by atoms with Gasteiger partial charge in [0.05, 0.1) is 6.33 Å². The highest BCUT2D eigenvalue weighted by molar-refractivity contribution is 5.56. The molecule has 0 aliphatic heterocycles. The number of nitrogens with zero attached hydrogens (tertiary/aromatic N) is 1. The Morgan fingerprint density at radius 1 is 1.90 bits per heavy atom. The molecule has 1 rings (SSSR count). The second kappa shape index (κ2) is 3.10. The van der Waals surface area contributed by atoms with E-state index in [9.17, 15) is 9.18 Å². The molecule has 0 saturated heterocycles. The van der Waals surface area contributed by atoms with Crippen LogP contribution in [0, 0.1) is 0 Å². The van der Waals surface area contributed by atoms with Gasteiger partial charge in [0.15, 0.2) is 12.5 Å². The third-order valence-electron chi connectivity index (χ3n) is 1.12. The Morgan fingerprint density at radius 3 is 3.20 bits per heavy atom. The highest BCUT2D eigenvalue weighted by Crippen LogP contribution is 1.98. The normalized spacial score (nSPS) is 12.9. The third kappa shape index (κ3) is 1.65. The number of aldehydes is 1. The number of hydrogen-bond donors (Lipinski definition) is 1. The van der Waals surface area contributed by atoms with Gasteiger partial charge in [-0.25, -0.2) is 9.37 Å². The Bertz CT molecular complexity index is 198. The maximum absolute atomic E-state index is 12.3. The number of hydrogen-bond acceptors (Lipinski definition) is 2. The molecule has 0 aliphatic carbocycles. The van der Waals surface area contributed by atoms with Crippen molar-refractivity contribution in [2.75, 3.05) is 0 Å². The number of aromatic nitrogens is 2. The summed E-state index contributed by atoms with van der Waals surface area (Å²) in [6.07, 6.45) is 1.90. The number of imidazole rings is 1. The first kappa shape index (κ1) is 6.92. The summed E-state index contributed by atoms with van der Waals surface area (Å²) in [6.45, 7) is 0. The summed E-state index contributed by atoms with van der Waals surface area (Å²) in [5, 5.41) is 0. The molecule has 1 unspecified atom stereocenters. The van der Waals surface area contributed by atoms with Gasteiger partial charge in [-0.15, -0.1) is 0 Å². The fourth-order valence-electron chi connectivity index (χ4n) is 0.655. The molecule has 3 nitrogen and oxygen atoms in total. The summed E-state index contributed by atoms with van der Waals surface area (Å²) < 4.78 is 12.3. The van der Waals surface area contributed by atoms with E-state index in [-0.39, 0.29) is 12.7 Å². The molecule has 0 spiro atoms. The van der Waals surface area contributed by atoms with Crippen molar-refractivity contribution in [3.63, 3.8) is 0 Å². The van der Waals surface area contributed by atoms with Crippen LogP contribution in [0.25, 0.3) is 0 Å². The average molecular weight is 142 g/mol. The standard InChI is InChI=1S/C6H7FN2O/c7-5(3-10)1-6-2-8-4-9-6/h2-5H,1H2,(H,8,9). The molecule has 54 valence electrons. The van der Waals surface area contributed by atoms with Crippen LogP contribution in [-0.4, -0.2) is 22.4 Å². The van der Waals surface area contributed by atoms with E-state index in [0.717, 1.165) is 0 Å². The highest BCUT2D eigenvalue weighted by Gasteiger charge is 2.05. The largest absolute Gasteiger partial charge is 0.348 e. The molecule has 4 heteroatoms. The molecular formula is C6H7FN2O. The number of aromatic amines is 1. The summed E-state index contributed by atoms with van der Waals surface area (Å²) in [6, 6.07) is 0. The van der Waals surface area contributed by atoms with E-state index in [1.807, 2.05) is 0 Å². The molecule has 1 heterocycles. The van der Waals surface area contributed by atoms with Crippen LogP contribution in [0.3, 0.4) is 0 Å². The molecule has 0 fully saturated rings. The minimum atomic E-state index is -1.42. The lowest BCUT2D eigenvalue weighted by Crippen LogP contribution is -2.05. The lowest BCUT2D eigenvalue weighted by Gasteiger charge is -1.94. The van der Waals surface area contributed by atoms with Crippen LogP contribution in [0.5, 0.6) is 0 Å². The van der Waals surface area contributed by atoms with Gasteiger partial charge in [-0.1, -0.05) is 0 Å². The second-order valence-electron chi connectivity index (χ2n) is 1.93. The molecule has 1 aromatic rings. The van der Waals surface area contributed by atoms with Gasteiger partial charge in [0.25, 0.3) is 0 Å². The molecule has 0 aromatic carbocycles. The van der Waals surface area contributed by atoms with Crippen LogP contribution in [0.2, 0.25) is 0 Å². The summed E-state index contributed by atoms with van der Waals surface area (Å²) >= 11 is 0. The van der Waals surface area contributed by atoms with Gasteiger partial charge in [0, 0.05) is 18.3 Å². The van der Waals surface area contributed by atoms with Gasteiger partial charge < -0.3 is 9.78 Å². The SMILES string of the molecule is O=CC(F)Cc1cnc[nH]1. The van der Waals surface area contributed by atoms with E-state index in [4.69, 9.17) is 0 Å². The summed E-state index contributed by atoms with van der Waals surface area (Å²) in [4.78, 5) is 16.2. The van der Waals surface area contributed by atoms with E-state index < -0.39 is 6.17 Å². The molecule has 0 bridgehead atoms. The van der Waals surface area contributed by atoms with E-state index in [1.54, 1.807) is 0 Å². The minimum absolute atomic E-state index is 0.0868. The van der Waals surface area contributed by atoms with Crippen molar-refractivity contribution in [2.24, 2.45) is 0 Å². The molecule has 0 saturated carbocycles. The molecule has 0 aliphatic rings. The Hall–Kier alpha value is -1.19. The molecule has 1 atom stereocenters. The molecule has 1 N–H and O–H groups in total. The number of carbonyl (C=O) groups excluding carboxylic acids is 1. The van der Waals surface area contributed by atoms with Crippen LogP contribution >= 0.6 is 0 Å². The number of halogens is 1. The zero-order chi connectivity index (χ0) is 7.40. The van der Waals surface area contributed by atoms with Crippen LogP contribution in [0.4, 0.5) is 4.39 Å². The predicted molar refractivity (Wildman–Crippen MR) is 33.3 cm³/mol. The maximum Gasteiger partial charge on any atom is 0.161 e. The number of rotatable bonds is 3. The molecule has 0 radical (unpaired) electrons. The van der Waals surface area contributed by atoms with Crippen LogP contribution < -0.4 is 0 Å². The topological polar surface area (TPSA) is 45.8 Å². The summed E-state index contributed by atoms with van der Waals surface area (Å²) in [7, 11) is 0. The molecule has 10 heavy (non-hydrogen) atoms. The van der Waals surface area contributed by atoms with Gasteiger partial charge in [0.1, 0.15) is 0 Å². The van der Waals surface area contributed by atoms with Crippen molar-refractivity contribution in [3.8, 4) is 0 Å². The summed E-state index contributed by atoms with van der Waals surface area (Å²) in [5.74, 6) is 0. The monoisotopic (exact) mass is 142 g/mol. The Labute approximate surface area is 57.3 Å². The van der Waals surface area contributed by atoms with Crippen LogP contribution in [0.15, 0.2) is 12.5 Å². The van der Waals surface area contributed by atoms with Crippen LogP contribution in [-0.2, 0) is 11.2 Å². The number of nitrogens with one attached hydrogen (secondary N) is 1. The third-order valence-corrected chi connectivity index (χ3v) is 1.12. The Balaban J connectivity index is 2.47. The zero-order valence-corrected chi connectivity index (χ0v) is 5.25. The predicted octanol–water partition coefficient (Wildman–Crippen LogP) is 0.489. The van der Waals surface area contributed by atoms with Gasteiger partial charge in [-0.05, 0) is 0 Å². The van der Waals surface area contributed by atoms with E-state index in [0.29, 0.717) is 5.69 Å². The quantitative estimate of drug-likeness (QED) is 0.624. The van der Waals surface area contributed by atoms with Crippen molar-refractivity contribution < 1.29 is 9.18 Å². The first-order valence-electron chi connectivity index (χ1n) is 2.89. The fourth-order valence-corrected chi connectivity index (χ4v) is 0.655. The van der Waals surface area contributed by atoms with Crippen molar-refractivity contribution in [1.29, 1.82) is 0 Å². The van der Waals surface area contributed by atoms with Crippen molar-refractivity contribution in [1.82, 2.24) is 9.97 Å². The smallest absolute Gasteiger partial charge is 0.161 e. The summed E-state index contributed by atoms with van der Waals surface area (Å²) in [5.41, 5.74) is 0.639. The van der Waals surface area contributed by atoms with E-state index in [1.165, 1.54) is 12.5 Å². The number of H-pyrrole nitrogens is 1. The average Bonchev–Trinajstić information content (AvgIpc) is 2.40. The number of carbonyl (C=O) groups is 1. The molecule has 0 amide bonds. The van der Waals surface area contributed by atoms with Gasteiger partial charge >= 0.3 is 0 Å². The van der Waals surface area contributed by atoms with E-state index in [2.05, 4.69) is 9.97 Å². The van der Waals surface area contributed by atoms with Crippen molar-refractivity contribution >= 4 is 6.29 Å². The van der Waals surface area contributed by atoms with E-state index >= 15 is 0 Å². The lowest BCUT2D eigenvalue weighted by molar-refractivity contribution is -0.111. The minimum Gasteiger partial charge on any atom is -0.348 e. The van der Waals surface area contributed by atoms with Gasteiger partial charge in [0.2, 0.25) is 0 Å². The first-order chi connectivity index (χ1) is 4.83. The zero-order valence-electron chi connectivity index (χ0n) is 5.25. The van der Waals surface area contributed by atoms with Gasteiger partial charge in [-0.3, -0.25) is 0 Å². The van der Waals surface area contributed by atoms with Crippen molar-refractivity contribution in [2.45, 2.75) is 12.6 Å². The fraction of sp³-hybridized carbons (Fsp3) is 0.333. The molecule has 1 aromatic heterocycles. The Kier molecular flexibility index (Phi) is 2.15. The molecular weight excluding hydrogens is 135 g/mol. The second-order valence-corrected chi connectivity index (χ2v) is 1.93. The van der Waals surface area contributed by atoms with Crippen molar-refractivity contribution in [3.05, 3.63) is 18.2 Å².